The van der Waals surface area contributed by atoms with Crippen LogP contribution in [0.5, 0.6) is 0 Å². The van der Waals surface area contributed by atoms with E-state index < -0.39 is 0 Å². The van der Waals surface area contributed by atoms with Gasteiger partial charge in [0.25, 0.3) is 0 Å². The molecule has 0 saturated carbocycles. The summed E-state index contributed by atoms with van der Waals surface area (Å²) in [6.07, 6.45) is 1.60. The van der Waals surface area contributed by atoms with Gasteiger partial charge in [0.2, 0.25) is 5.91 Å². The highest BCUT2D eigenvalue weighted by atomic mass is 16.1. The van der Waals surface area contributed by atoms with Crippen LogP contribution < -0.4 is 5.32 Å². The quantitative estimate of drug-likeness (QED) is 0.694. The minimum absolute atomic E-state index is 0.172. The van der Waals surface area contributed by atoms with Crippen molar-refractivity contribution < 1.29 is 4.79 Å². The zero-order chi connectivity index (χ0) is 9.26. The molecule has 1 fully saturated rings. The van der Waals surface area contributed by atoms with Crippen molar-refractivity contribution in [2.45, 2.75) is 25.8 Å². The summed E-state index contributed by atoms with van der Waals surface area (Å²) in [5, 5.41) is 2.95. The van der Waals surface area contributed by atoms with Crippen LogP contribution in [-0.2, 0) is 4.79 Å². The largest absolute Gasteiger partial charge is 0.349 e. The number of aryl methyl sites for hydroxylation is 1. The molecule has 1 heterocycles. The van der Waals surface area contributed by atoms with Crippen LogP contribution in [0.4, 0.5) is 0 Å². The van der Waals surface area contributed by atoms with Crippen LogP contribution in [0.3, 0.4) is 0 Å². The van der Waals surface area contributed by atoms with Crippen LogP contribution in [0.1, 0.15) is 30.0 Å². The molecule has 0 aliphatic carbocycles. The highest BCUT2D eigenvalue weighted by Gasteiger charge is 2.21. The summed E-state index contributed by atoms with van der Waals surface area (Å²) in [6, 6.07) is 8.59. The lowest BCUT2D eigenvalue weighted by Gasteiger charge is -2.09. The zero-order valence-electron chi connectivity index (χ0n) is 7.71. The fraction of sp³-hybridized carbons (Fsp3) is 0.364. The lowest BCUT2D eigenvalue weighted by Crippen LogP contribution is -2.18. The van der Waals surface area contributed by atoms with Crippen LogP contribution in [0.25, 0.3) is 0 Å². The Morgan fingerprint density at radius 2 is 2.00 bits per heavy atom. The molecule has 0 spiro atoms. The van der Waals surface area contributed by atoms with E-state index in [9.17, 15) is 4.79 Å². The minimum atomic E-state index is 0.172. The van der Waals surface area contributed by atoms with Crippen LogP contribution in [0, 0.1) is 6.92 Å². The molecule has 1 aromatic carbocycles. The van der Waals surface area contributed by atoms with E-state index in [1.165, 1.54) is 11.1 Å². The zero-order valence-corrected chi connectivity index (χ0v) is 7.71. The number of hydrogen-bond donors (Lipinski definition) is 1. The second-order valence-corrected chi connectivity index (χ2v) is 3.57. The summed E-state index contributed by atoms with van der Waals surface area (Å²) in [6.45, 7) is 2.07. The van der Waals surface area contributed by atoms with E-state index in [1.807, 2.05) is 0 Å². The van der Waals surface area contributed by atoms with Crippen molar-refractivity contribution in [2.24, 2.45) is 0 Å². The van der Waals surface area contributed by atoms with E-state index in [-0.39, 0.29) is 11.9 Å². The van der Waals surface area contributed by atoms with Gasteiger partial charge in [0, 0.05) is 6.42 Å². The number of rotatable bonds is 1. The fourth-order valence-electron chi connectivity index (χ4n) is 1.66. The Labute approximate surface area is 78.0 Å². The number of nitrogens with one attached hydrogen (secondary N) is 1. The average Bonchev–Trinajstić information content (AvgIpc) is 2.53. The van der Waals surface area contributed by atoms with Crippen molar-refractivity contribution in [2.75, 3.05) is 0 Å². The second-order valence-electron chi connectivity index (χ2n) is 3.57. The summed E-state index contributed by atoms with van der Waals surface area (Å²) >= 11 is 0. The summed E-state index contributed by atoms with van der Waals surface area (Å²) in [4.78, 5) is 11.0. The Morgan fingerprint density at radius 1 is 1.31 bits per heavy atom. The Bertz CT molecular complexity index is 315. The fourth-order valence-corrected chi connectivity index (χ4v) is 1.66. The third kappa shape index (κ3) is 1.72. The maximum atomic E-state index is 11.0. The monoisotopic (exact) mass is 175 g/mol. The van der Waals surface area contributed by atoms with E-state index in [2.05, 4.69) is 36.5 Å². The van der Waals surface area contributed by atoms with Crippen molar-refractivity contribution in [3.8, 4) is 0 Å². The lowest BCUT2D eigenvalue weighted by atomic mass is 10.0. The number of carbonyl (C=O) groups excluding carboxylic acids is 1. The Balaban J connectivity index is 2.17. The van der Waals surface area contributed by atoms with Crippen molar-refractivity contribution in [3.05, 3.63) is 35.4 Å². The highest BCUT2D eigenvalue weighted by Crippen LogP contribution is 2.23. The normalized spacial score (nSPS) is 21.6. The first-order chi connectivity index (χ1) is 6.25. The second kappa shape index (κ2) is 3.21. The molecule has 2 nitrogen and oxygen atoms in total. The number of carbonyl (C=O) groups is 1. The van der Waals surface area contributed by atoms with Crippen LogP contribution >= 0.6 is 0 Å². The smallest absolute Gasteiger partial charge is 0.220 e. The van der Waals surface area contributed by atoms with Gasteiger partial charge in [-0.25, -0.2) is 0 Å². The Hall–Kier alpha value is -1.31. The molecular weight excluding hydrogens is 162 g/mol. The van der Waals surface area contributed by atoms with Gasteiger partial charge in [-0.2, -0.15) is 0 Å². The van der Waals surface area contributed by atoms with Gasteiger partial charge < -0.3 is 5.32 Å². The molecule has 1 amide bonds. The van der Waals surface area contributed by atoms with Crippen molar-refractivity contribution in [1.82, 2.24) is 5.32 Å². The molecule has 2 heteroatoms. The molecule has 1 saturated heterocycles. The molecular formula is C11H13NO. The van der Waals surface area contributed by atoms with Gasteiger partial charge in [-0.1, -0.05) is 29.8 Å². The summed E-state index contributed by atoms with van der Waals surface area (Å²) in [5.74, 6) is 0.172. The topological polar surface area (TPSA) is 29.1 Å². The van der Waals surface area contributed by atoms with E-state index in [4.69, 9.17) is 0 Å². The maximum absolute atomic E-state index is 11.0. The van der Waals surface area contributed by atoms with Gasteiger partial charge in [-0.3, -0.25) is 4.79 Å². The third-order valence-corrected chi connectivity index (χ3v) is 2.48. The SMILES string of the molecule is Cc1ccc([C@H]2CCC(=O)N2)cc1. The van der Waals surface area contributed by atoms with E-state index in [1.54, 1.807) is 0 Å². The summed E-state index contributed by atoms with van der Waals surface area (Å²) < 4.78 is 0. The van der Waals surface area contributed by atoms with Gasteiger partial charge in [0.05, 0.1) is 6.04 Å². The van der Waals surface area contributed by atoms with Crippen LogP contribution in [0.15, 0.2) is 24.3 Å². The number of hydrogen-bond acceptors (Lipinski definition) is 1. The Kier molecular flexibility index (Phi) is 2.05. The first-order valence-electron chi connectivity index (χ1n) is 4.61. The predicted octanol–water partition coefficient (Wildman–Crippen LogP) is 1.95. The molecule has 68 valence electrons. The van der Waals surface area contributed by atoms with Crippen molar-refractivity contribution in [1.29, 1.82) is 0 Å². The summed E-state index contributed by atoms with van der Waals surface area (Å²) in [7, 11) is 0. The van der Waals surface area contributed by atoms with E-state index >= 15 is 0 Å². The molecule has 0 radical (unpaired) electrons. The van der Waals surface area contributed by atoms with Crippen LogP contribution in [0.2, 0.25) is 0 Å². The third-order valence-electron chi connectivity index (χ3n) is 2.48. The highest BCUT2D eigenvalue weighted by molar-refractivity contribution is 5.78. The van der Waals surface area contributed by atoms with Gasteiger partial charge in [-0.05, 0) is 18.9 Å². The molecule has 0 aromatic heterocycles. The molecule has 0 unspecified atom stereocenters. The lowest BCUT2D eigenvalue weighted by molar-refractivity contribution is -0.119. The van der Waals surface area contributed by atoms with Crippen LogP contribution in [-0.4, -0.2) is 5.91 Å². The predicted molar refractivity (Wildman–Crippen MR) is 51.3 cm³/mol. The molecule has 13 heavy (non-hydrogen) atoms. The average molecular weight is 175 g/mol. The van der Waals surface area contributed by atoms with Gasteiger partial charge in [-0.15, -0.1) is 0 Å². The van der Waals surface area contributed by atoms with E-state index in [0.29, 0.717) is 6.42 Å². The molecule has 1 aromatic rings. The van der Waals surface area contributed by atoms with Gasteiger partial charge in [0.1, 0.15) is 0 Å². The molecule has 0 bridgehead atoms. The minimum Gasteiger partial charge on any atom is -0.349 e. The Morgan fingerprint density at radius 3 is 2.54 bits per heavy atom. The number of amides is 1. The molecule has 1 atom stereocenters. The van der Waals surface area contributed by atoms with Crippen molar-refractivity contribution >= 4 is 5.91 Å². The molecule has 2 rings (SSSR count). The first-order valence-corrected chi connectivity index (χ1v) is 4.61. The van der Waals surface area contributed by atoms with Crippen molar-refractivity contribution in [3.63, 3.8) is 0 Å². The maximum Gasteiger partial charge on any atom is 0.220 e. The van der Waals surface area contributed by atoms with Gasteiger partial charge in [0.15, 0.2) is 0 Å². The molecule has 1 N–H and O–H groups in total. The number of benzene rings is 1. The molecule has 1 aliphatic rings. The summed E-state index contributed by atoms with van der Waals surface area (Å²) in [5.41, 5.74) is 2.48. The van der Waals surface area contributed by atoms with E-state index in [0.717, 1.165) is 6.42 Å². The van der Waals surface area contributed by atoms with Gasteiger partial charge >= 0.3 is 0 Å². The molecule has 1 aliphatic heterocycles. The standard InChI is InChI=1S/C11H13NO/c1-8-2-4-9(5-3-8)10-6-7-11(13)12-10/h2-5,10H,6-7H2,1H3,(H,12,13)/t10-/m1/s1. The first kappa shape index (κ1) is 8.30.